The Bertz CT molecular complexity index is 229. The van der Waals surface area contributed by atoms with E-state index < -0.39 is 6.30 Å². The van der Waals surface area contributed by atoms with Crippen molar-refractivity contribution in [2.75, 3.05) is 0 Å². The zero-order chi connectivity index (χ0) is 7.78. The van der Waals surface area contributed by atoms with E-state index in [2.05, 4.69) is 5.10 Å². The zero-order valence-corrected chi connectivity index (χ0v) is 5.32. The van der Waals surface area contributed by atoms with Crippen LogP contribution in [0.4, 0.5) is 13.2 Å². The average Bonchev–Trinajstić information content (AvgIpc) is 2.11. The van der Waals surface area contributed by atoms with Gasteiger partial charge in [-0.25, -0.2) is 0 Å². The van der Waals surface area contributed by atoms with Crippen LogP contribution in [0.25, 0.3) is 0 Å². The second-order valence-corrected chi connectivity index (χ2v) is 1.94. The van der Waals surface area contributed by atoms with Gasteiger partial charge in [0.1, 0.15) is 0 Å². The summed E-state index contributed by atoms with van der Waals surface area (Å²) in [6.07, 6.45) is -3.71. The highest BCUT2D eigenvalue weighted by Gasteiger charge is 2.31. The maximum Gasteiger partial charge on any atom is 0.504 e. The molecule has 0 amide bonds. The molecule has 0 aliphatic heterocycles. The van der Waals surface area contributed by atoms with Gasteiger partial charge in [-0.1, -0.05) is 11.6 Å². The number of halogens is 4. The molecule has 1 aromatic rings. The molecule has 10 heavy (non-hydrogen) atoms. The topological polar surface area (TPSA) is 17.8 Å². The quantitative estimate of drug-likeness (QED) is 0.583. The Hall–Kier alpha value is -0.710. The van der Waals surface area contributed by atoms with Crippen LogP contribution in [0.5, 0.6) is 0 Å². The van der Waals surface area contributed by atoms with Crippen molar-refractivity contribution in [2.24, 2.45) is 0 Å². The molecular formula is C4H2ClF3N2. The molecule has 6 heteroatoms. The monoisotopic (exact) mass is 170 g/mol. The fraction of sp³-hybridized carbons (Fsp3) is 0.250. The van der Waals surface area contributed by atoms with Gasteiger partial charge in [-0.3, -0.25) is 0 Å². The zero-order valence-electron chi connectivity index (χ0n) is 4.56. The predicted molar refractivity (Wildman–Crippen MR) is 28.5 cm³/mol. The van der Waals surface area contributed by atoms with Crippen molar-refractivity contribution in [3.05, 3.63) is 17.4 Å². The molecule has 0 spiro atoms. The fourth-order valence-electron chi connectivity index (χ4n) is 0.443. The lowest BCUT2D eigenvalue weighted by atomic mass is 10.7. The summed E-state index contributed by atoms with van der Waals surface area (Å²) in [6.45, 7) is 0. The number of hydrogen-bond donors (Lipinski definition) is 0. The number of hydrogen-bond acceptors (Lipinski definition) is 1. The molecule has 56 valence electrons. The van der Waals surface area contributed by atoms with E-state index in [0.29, 0.717) is 0 Å². The standard InChI is InChI=1S/C4H2ClF3N2/c5-3-1-2-10(9-3)4(6,7)8/h1-2H. The van der Waals surface area contributed by atoms with E-state index in [9.17, 15) is 13.2 Å². The largest absolute Gasteiger partial charge is 0.504 e. The normalized spacial score (nSPS) is 12.0. The fourth-order valence-corrected chi connectivity index (χ4v) is 0.581. The second kappa shape index (κ2) is 2.16. The van der Waals surface area contributed by atoms with Gasteiger partial charge in [-0.05, 0) is 6.07 Å². The maximum absolute atomic E-state index is 11.6. The predicted octanol–water partition coefficient (Wildman–Crippen LogP) is 2.01. The van der Waals surface area contributed by atoms with Gasteiger partial charge in [0, 0.05) is 6.20 Å². The lowest BCUT2D eigenvalue weighted by molar-refractivity contribution is -0.212. The first kappa shape index (κ1) is 7.40. The van der Waals surface area contributed by atoms with Gasteiger partial charge in [0.05, 0.1) is 0 Å². The molecule has 0 unspecified atom stereocenters. The van der Waals surface area contributed by atoms with Crippen molar-refractivity contribution < 1.29 is 13.2 Å². The van der Waals surface area contributed by atoms with Crippen molar-refractivity contribution in [1.29, 1.82) is 0 Å². The first-order valence-electron chi connectivity index (χ1n) is 2.28. The Kier molecular flexibility index (Phi) is 1.60. The molecule has 0 radical (unpaired) electrons. The maximum atomic E-state index is 11.6. The lowest BCUT2D eigenvalue weighted by Crippen LogP contribution is -2.16. The highest BCUT2D eigenvalue weighted by Crippen LogP contribution is 2.21. The van der Waals surface area contributed by atoms with Crippen molar-refractivity contribution >= 4 is 11.6 Å². The highest BCUT2D eigenvalue weighted by molar-refractivity contribution is 6.29. The van der Waals surface area contributed by atoms with Gasteiger partial charge in [0.15, 0.2) is 5.15 Å². The molecule has 0 atom stereocenters. The number of aromatic nitrogens is 2. The minimum absolute atomic E-state index is 0.157. The van der Waals surface area contributed by atoms with E-state index in [0.717, 1.165) is 12.3 Å². The summed E-state index contributed by atoms with van der Waals surface area (Å²) in [5.41, 5.74) is 0. The van der Waals surface area contributed by atoms with E-state index in [1.54, 1.807) is 0 Å². The first-order chi connectivity index (χ1) is 4.50. The Balaban J connectivity index is 2.96. The summed E-state index contributed by atoms with van der Waals surface area (Å²) in [5, 5.41) is 2.77. The second-order valence-electron chi connectivity index (χ2n) is 1.55. The summed E-state index contributed by atoms with van der Waals surface area (Å²) < 4.78 is 34.8. The molecule has 0 saturated carbocycles. The minimum Gasteiger partial charge on any atom is -0.178 e. The SMILES string of the molecule is FC(F)(F)n1ccc(Cl)n1. The van der Waals surface area contributed by atoms with Crippen LogP contribution in [0, 0.1) is 0 Å². The van der Waals surface area contributed by atoms with Crippen LogP contribution in [-0.4, -0.2) is 9.78 Å². The Morgan fingerprint density at radius 2 is 2.10 bits per heavy atom. The van der Waals surface area contributed by atoms with Gasteiger partial charge in [-0.2, -0.15) is 9.78 Å². The van der Waals surface area contributed by atoms with E-state index in [-0.39, 0.29) is 9.83 Å². The van der Waals surface area contributed by atoms with Gasteiger partial charge in [0.2, 0.25) is 0 Å². The third-order valence-electron chi connectivity index (χ3n) is 0.816. The molecule has 0 N–H and O–H groups in total. The van der Waals surface area contributed by atoms with Crippen LogP contribution in [0.3, 0.4) is 0 Å². The van der Waals surface area contributed by atoms with E-state index in [1.807, 2.05) is 0 Å². The van der Waals surface area contributed by atoms with Crippen LogP contribution in [0.2, 0.25) is 5.15 Å². The molecule has 2 nitrogen and oxygen atoms in total. The van der Waals surface area contributed by atoms with Crippen molar-refractivity contribution in [3.8, 4) is 0 Å². The van der Waals surface area contributed by atoms with Crippen LogP contribution >= 0.6 is 11.6 Å². The smallest absolute Gasteiger partial charge is 0.178 e. The Morgan fingerprint density at radius 3 is 2.30 bits per heavy atom. The molecule has 1 aromatic heterocycles. The summed E-state index contributed by atoms with van der Waals surface area (Å²) in [7, 11) is 0. The van der Waals surface area contributed by atoms with Crippen molar-refractivity contribution in [2.45, 2.75) is 6.30 Å². The third-order valence-corrected chi connectivity index (χ3v) is 1.02. The third kappa shape index (κ3) is 1.41. The van der Waals surface area contributed by atoms with Gasteiger partial charge >= 0.3 is 6.30 Å². The Morgan fingerprint density at radius 1 is 1.50 bits per heavy atom. The molecule has 1 heterocycles. The van der Waals surface area contributed by atoms with Crippen molar-refractivity contribution in [1.82, 2.24) is 9.78 Å². The lowest BCUT2D eigenvalue weighted by Gasteiger charge is -2.03. The summed E-state index contributed by atoms with van der Waals surface area (Å²) in [4.78, 5) is 0. The number of nitrogens with zero attached hydrogens (tertiary/aromatic N) is 2. The molecule has 0 aliphatic carbocycles. The molecule has 0 bridgehead atoms. The molecule has 1 rings (SSSR count). The van der Waals surface area contributed by atoms with E-state index in [1.165, 1.54) is 0 Å². The Labute approximate surface area is 59.2 Å². The molecule has 0 aliphatic rings. The van der Waals surface area contributed by atoms with Gasteiger partial charge < -0.3 is 0 Å². The van der Waals surface area contributed by atoms with Crippen LogP contribution in [0.15, 0.2) is 12.3 Å². The van der Waals surface area contributed by atoms with Crippen LogP contribution in [-0.2, 0) is 6.30 Å². The number of alkyl halides is 3. The highest BCUT2D eigenvalue weighted by atomic mass is 35.5. The van der Waals surface area contributed by atoms with Crippen molar-refractivity contribution in [3.63, 3.8) is 0 Å². The average molecular weight is 171 g/mol. The summed E-state index contributed by atoms with van der Waals surface area (Å²) in [5.74, 6) is 0. The molecule has 0 saturated heterocycles. The summed E-state index contributed by atoms with van der Waals surface area (Å²) >= 11 is 5.13. The molecule has 0 fully saturated rings. The van der Waals surface area contributed by atoms with E-state index >= 15 is 0 Å². The van der Waals surface area contributed by atoms with Crippen LogP contribution in [0.1, 0.15) is 0 Å². The molecular weight excluding hydrogens is 169 g/mol. The van der Waals surface area contributed by atoms with Gasteiger partial charge in [0.25, 0.3) is 0 Å². The summed E-state index contributed by atoms with van der Waals surface area (Å²) in [6, 6.07) is 1.06. The molecule has 0 aromatic carbocycles. The minimum atomic E-state index is -4.47. The van der Waals surface area contributed by atoms with Crippen LogP contribution < -0.4 is 0 Å². The number of rotatable bonds is 0. The van der Waals surface area contributed by atoms with E-state index in [4.69, 9.17) is 11.6 Å². The van der Waals surface area contributed by atoms with Gasteiger partial charge in [-0.15, -0.1) is 13.2 Å². The first-order valence-corrected chi connectivity index (χ1v) is 2.66.